The smallest absolute Gasteiger partial charge is 0.218 e. The van der Waals surface area contributed by atoms with E-state index in [2.05, 4.69) is 9.97 Å². The van der Waals surface area contributed by atoms with Gasteiger partial charge in [-0.25, -0.2) is 9.37 Å². The number of ketones is 1. The second-order valence-electron chi connectivity index (χ2n) is 9.28. The van der Waals surface area contributed by atoms with Crippen LogP contribution in [0.1, 0.15) is 64.1 Å². The quantitative estimate of drug-likeness (QED) is 0.494. The second kappa shape index (κ2) is 9.06. The van der Waals surface area contributed by atoms with Crippen LogP contribution in [0.15, 0.2) is 17.4 Å². The van der Waals surface area contributed by atoms with E-state index in [1.165, 1.54) is 6.07 Å². The van der Waals surface area contributed by atoms with E-state index in [0.29, 0.717) is 50.6 Å². The second-order valence-corrected chi connectivity index (χ2v) is 9.67. The summed E-state index contributed by atoms with van der Waals surface area (Å²) in [5.41, 5.74) is -0.508. The summed E-state index contributed by atoms with van der Waals surface area (Å²) < 4.78 is 19.7. The molecule has 1 aromatic heterocycles. The maximum atomic E-state index is 13.8. The number of aliphatic hydroxyl groups is 1. The van der Waals surface area contributed by atoms with Crippen molar-refractivity contribution in [3.63, 3.8) is 0 Å². The average molecular weight is 465 g/mol. The summed E-state index contributed by atoms with van der Waals surface area (Å²) in [6, 6.07) is 1.38. The monoisotopic (exact) mass is 464 g/mol. The van der Waals surface area contributed by atoms with Crippen LogP contribution in [0.3, 0.4) is 0 Å². The predicted octanol–water partition coefficient (Wildman–Crippen LogP) is 4.43. The standard InChI is InChI=1S/C23H30ClFN4O3/c1-13(16-10-14(25)12-29(16)2)32-19-11-18(24)27-22(28-19)20(26)15-6-5-9-23(21(15)31)8-4-3-7-17(23)30/h11,13-14,16,26,31H,3-10,12H2,1-2H3/t13-,14+,16-,23+/m0/s1. The van der Waals surface area contributed by atoms with Gasteiger partial charge in [0.05, 0.1) is 5.41 Å². The van der Waals surface area contributed by atoms with Crippen molar-refractivity contribution >= 4 is 23.1 Å². The number of nitrogens with one attached hydrogen (secondary N) is 1. The lowest BCUT2D eigenvalue weighted by atomic mass is 9.64. The van der Waals surface area contributed by atoms with Crippen molar-refractivity contribution < 1.29 is 19.0 Å². The van der Waals surface area contributed by atoms with Gasteiger partial charge in [0.25, 0.3) is 0 Å². The van der Waals surface area contributed by atoms with Crippen LogP contribution in [0.25, 0.3) is 0 Å². The Morgan fingerprint density at radius 1 is 1.34 bits per heavy atom. The van der Waals surface area contributed by atoms with Crippen LogP contribution in [-0.2, 0) is 4.79 Å². The Morgan fingerprint density at radius 3 is 2.78 bits per heavy atom. The number of halogens is 2. The van der Waals surface area contributed by atoms with Gasteiger partial charge in [0, 0.05) is 30.6 Å². The Bertz CT molecular complexity index is 955. The van der Waals surface area contributed by atoms with Crippen molar-refractivity contribution in [1.29, 1.82) is 5.41 Å². The predicted molar refractivity (Wildman–Crippen MR) is 119 cm³/mol. The normalized spacial score (nSPS) is 30.1. The fourth-order valence-electron chi connectivity index (χ4n) is 5.43. The van der Waals surface area contributed by atoms with Crippen LogP contribution in [0.4, 0.5) is 4.39 Å². The lowest BCUT2D eigenvalue weighted by Crippen LogP contribution is -2.39. The molecule has 2 heterocycles. The highest BCUT2D eigenvalue weighted by Crippen LogP contribution is 2.48. The van der Waals surface area contributed by atoms with E-state index in [-0.39, 0.29) is 46.3 Å². The number of likely N-dealkylation sites (N-methyl/N-ethyl adjacent to an activating group) is 1. The summed E-state index contributed by atoms with van der Waals surface area (Å²) in [4.78, 5) is 23.2. The van der Waals surface area contributed by atoms with Gasteiger partial charge in [-0.3, -0.25) is 15.1 Å². The van der Waals surface area contributed by atoms with Crippen molar-refractivity contribution in [2.24, 2.45) is 5.41 Å². The zero-order valence-electron chi connectivity index (χ0n) is 18.5. The molecule has 174 valence electrons. The number of nitrogens with zero attached hydrogens (tertiary/aromatic N) is 3. The summed E-state index contributed by atoms with van der Waals surface area (Å²) in [6.45, 7) is 2.22. The number of hydrogen-bond donors (Lipinski definition) is 2. The van der Waals surface area contributed by atoms with Crippen molar-refractivity contribution in [2.45, 2.75) is 76.6 Å². The molecule has 1 saturated carbocycles. The fraction of sp³-hybridized carbons (Fsp3) is 0.652. The molecule has 1 saturated heterocycles. The van der Waals surface area contributed by atoms with Crippen molar-refractivity contribution in [3.05, 3.63) is 28.4 Å². The number of allylic oxidation sites excluding steroid dienone is 2. The van der Waals surface area contributed by atoms with Crippen LogP contribution in [0.2, 0.25) is 5.15 Å². The van der Waals surface area contributed by atoms with Crippen molar-refractivity contribution in [1.82, 2.24) is 14.9 Å². The lowest BCUT2D eigenvalue weighted by Gasteiger charge is -2.39. The molecule has 1 spiro atoms. The van der Waals surface area contributed by atoms with E-state index in [4.69, 9.17) is 21.7 Å². The van der Waals surface area contributed by atoms with Crippen molar-refractivity contribution in [2.75, 3.05) is 13.6 Å². The van der Waals surface area contributed by atoms with Gasteiger partial charge in [0.2, 0.25) is 5.88 Å². The number of carbonyl (C=O) groups excluding carboxylic acids is 1. The summed E-state index contributed by atoms with van der Waals surface area (Å²) in [5, 5.41) is 19.9. The highest BCUT2D eigenvalue weighted by Gasteiger charge is 2.47. The van der Waals surface area contributed by atoms with E-state index in [1.807, 2.05) is 18.9 Å². The first kappa shape index (κ1) is 23.1. The lowest BCUT2D eigenvalue weighted by molar-refractivity contribution is -0.131. The number of alkyl halides is 1. The molecule has 0 aromatic carbocycles. The Morgan fingerprint density at radius 2 is 2.09 bits per heavy atom. The fourth-order valence-corrected chi connectivity index (χ4v) is 5.60. The Hall–Kier alpha value is -2.06. The molecule has 3 aliphatic rings. The first-order chi connectivity index (χ1) is 15.2. The van der Waals surface area contributed by atoms with E-state index in [0.717, 1.165) is 12.8 Å². The molecule has 1 aromatic rings. The summed E-state index contributed by atoms with van der Waals surface area (Å²) >= 11 is 6.20. The van der Waals surface area contributed by atoms with Crippen LogP contribution in [0, 0.1) is 10.8 Å². The molecule has 0 unspecified atom stereocenters. The van der Waals surface area contributed by atoms with Gasteiger partial charge in [-0.15, -0.1) is 0 Å². The number of Topliss-reactive ketones (excluding diaryl/α,β-unsaturated/α-hetero) is 1. The zero-order valence-corrected chi connectivity index (χ0v) is 19.3. The Balaban J connectivity index is 1.59. The van der Waals surface area contributed by atoms with E-state index in [9.17, 15) is 14.3 Å². The third kappa shape index (κ3) is 4.27. The third-order valence-corrected chi connectivity index (χ3v) is 7.35. The summed E-state index contributed by atoms with van der Waals surface area (Å²) in [7, 11) is 1.86. The number of hydrogen-bond acceptors (Lipinski definition) is 7. The molecule has 7 nitrogen and oxygen atoms in total. The summed E-state index contributed by atoms with van der Waals surface area (Å²) in [5.74, 6) is 0.305. The van der Waals surface area contributed by atoms with E-state index < -0.39 is 11.6 Å². The molecule has 32 heavy (non-hydrogen) atoms. The highest BCUT2D eigenvalue weighted by atomic mass is 35.5. The number of carbonyl (C=O) groups is 1. The molecule has 4 rings (SSSR count). The molecule has 9 heteroatoms. The molecular weight excluding hydrogens is 435 g/mol. The molecule has 0 bridgehead atoms. The van der Waals surface area contributed by atoms with E-state index >= 15 is 0 Å². The van der Waals surface area contributed by atoms with Crippen LogP contribution < -0.4 is 4.74 Å². The molecular formula is C23H30ClFN4O3. The van der Waals surface area contributed by atoms with Gasteiger partial charge in [0.1, 0.15) is 34.7 Å². The molecule has 2 aliphatic carbocycles. The van der Waals surface area contributed by atoms with Gasteiger partial charge in [-0.2, -0.15) is 4.98 Å². The molecule has 2 fully saturated rings. The number of aromatic nitrogens is 2. The number of aliphatic hydroxyl groups excluding tert-OH is 1. The minimum absolute atomic E-state index is 0.000528. The Labute approximate surface area is 192 Å². The molecule has 1 aliphatic heterocycles. The average Bonchev–Trinajstić information content (AvgIpc) is 3.09. The number of likely N-dealkylation sites (tertiary alicyclic amines) is 1. The minimum atomic E-state index is -0.884. The molecule has 0 radical (unpaired) electrons. The van der Waals surface area contributed by atoms with Crippen LogP contribution >= 0.6 is 11.6 Å². The van der Waals surface area contributed by atoms with Gasteiger partial charge < -0.3 is 9.84 Å². The topological polar surface area (TPSA) is 99.4 Å². The first-order valence-corrected chi connectivity index (χ1v) is 11.7. The summed E-state index contributed by atoms with van der Waals surface area (Å²) in [6.07, 6.45) is 3.77. The number of ether oxygens (including phenoxy) is 1. The molecule has 0 amide bonds. The van der Waals surface area contributed by atoms with Gasteiger partial charge in [-0.1, -0.05) is 18.0 Å². The first-order valence-electron chi connectivity index (χ1n) is 11.3. The highest BCUT2D eigenvalue weighted by molar-refractivity contribution is 6.29. The van der Waals surface area contributed by atoms with Crippen LogP contribution in [0.5, 0.6) is 5.88 Å². The maximum Gasteiger partial charge on any atom is 0.218 e. The minimum Gasteiger partial charge on any atom is -0.511 e. The van der Waals surface area contributed by atoms with E-state index in [1.54, 1.807) is 0 Å². The van der Waals surface area contributed by atoms with Gasteiger partial charge >= 0.3 is 0 Å². The van der Waals surface area contributed by atoms with Gasteiger partial charge in [0.15, 0.2) is 5.82 Å². The zero-order chi connectivity index (χ0) is 23.0. The SMILES string of the molecule is C[C@H](Oc1cc(Cl)nc(C(=N)C2=C(O)[C@]3(CCCCC3=O)CCC2)n1)[C@@H]1C[C@@H](F)CN1C. The Kier molecular flexibility index (Phi) is 6.54. The largest absolute Gasteiger partial charge is 0.511 e. The maximum absolute atomic E-state index is 13.8. The van der Waals surface area contributed by atoms with Gasteiger partial charge in [-0.05, 0) is 52.5 Å². The van der Waals surface area contributed by atoms with Crippen molar-refractivity contribution in [3.8, 4) is 5.88 Å². The third-order valence-electron chi connectivity index (χ3n) is 7.16. The molecule has 2 N–H and O–H groups in total. The number of rotatable bonds is 5. The molecule has 4 atom stereocenters. The van der Waals surface area contributed by atoms with Crippen LogP contribution in [-0.4, -0.2) is 63.4 Å².